The number of benzene rings is 2. The summed E-state index contributed by atoms with van der Waals surface area (Å²) in [6, 6.07) is 18.2. The molecule has 3 nitrogen and oxygen atoms in total. The fraction of sp³-hybridized carbons (Fsp3) is 0.250. The van der Waals surface area contributed by atoms with E-state index < -0.39 is 0 Å². The zero-order valence-corrected chi connectivity index (χ0v) is 13.7. The van der Waals surface area contributed by atoms with Crippen molar-refractivity contribution in [2.75, 3.05) is 0 Å². The van der Waals surface area contributed by atoms with Crippen molar-refractivity contribution in [3.8, 4) is 22.7 Å². The van der Waals surface area contributed by atoms with Crippen molar-refractivity contribution in [3.05, 3.63) is 65.9 Å². The van der Waals surface area contributed by atoms with Gasteiger partial charge in [0.1, 0.15) is 11.4 Å². The molecule has 0 saturated heterocycles. The highest BCUT2D eigenvalue weighted by Gasteiger charge is 2.19. The lowest BCUT2D eigenvalue weighted by atomic mass is 10.1. The molecule has 0 unspecified atom stereocenters. The van der Waals surface area contributed by atoms with Gasteiger partial charge in [-0.2, -0.15) is 5.10 Å². The molecule has 3 heteroatoms. The van der Waals surface area contributed by atoms with Crippen molar-refractivity contribution in [2.45, 2.75) is 33.1 Å². The van der Waals surface area contributed by atoms with Crippen LogP contribution >= 0.6 is 0 Å². The lowest BCUT2D eigenvalue weighted by Crippen LogP contribution is -1.99. The molecule has 1 heterocycles. The number of hydrogen-bond acceptors (Lipinski definition) is 2. The maximum absolute atomic E-state index is 10.7. The minimum atomic E-state index is 0.297. The van der Waals surface area contributed by atoms with Gasteiger partial charge in [0.05, 0.1) is 5.69 Å². The second-order valence-corrected chi connectivity index (χ2v) is 5.86. The molecule has 3 rings (SSSR count). The number of nitrogens with zero attached hydrogens (tertiary/aromatic N) is 2. The van der Waals surface area contributed by atoms with Gasteiger partial charge in [-0.05, 0) is 31.9 Å². The van der Waals surface area contributed by atoms with Gasteiger partial charge in [0.2, 0.25) is 0 Å². The average Bonchev–Trinajstić information content (AvgIpc) is 2.91. The summed E-state index contributed by atoms with van der Waals surface area (Å²) in [5.41, 5.74) is 4.68. The SMILES string of the molecule is CCCCc1nn(-c2ccc(C)cc2)c(-c2ccccc2)c1O. The summed E-state index contributed by atoms with van der Waals surface area (Å²) in [7, 11) is 0. The summed E-state index contributed by atoms with van der Waals surface area (Å²) in [5.74, 6) is 0.297. The van der Waals surface area contributed by atoms with Gasteiger partial charge in [-0.1, -0.05) is 61.4 Å². The number of aromatic hydroxyl groups is 1. The predicted octanol–water partition coefficient (Wildman–Crippen LogP) is 4.90. The summed E-state index contributed by atoms with van der Waals surface area (Å²) in [6.07, 6.45) is 2.89. The van der Waals surface area contributed by atoms with E-state index in [-0.39, 0.29) is 0 Å². The van der Waals surface area contributed by atoms with E-state index in [2.05, 4.69) is 26.0 Å². The highest BCUT2D eigenvalue weighted by atomic mass is 16.3. The first-order valence-corrected chi connectivity index (χ1v) is 8.14. The smallest absolute Gasteiger partial charge is 0.165 e. The van der Waals surface area contributed by atoms with Crippen LogP contribution in [0.5, 0.6) is 5.75 Å². The molecule has 0 aliphatic heterocycles. The minimum Gasteiger partial charge on any atom is -0.504 e. The maximum atomic E-state index is 10.7. The van der Waals surface area contributed by atoms with Crippen molar-refractivity contribution in [3.63, 3.8) is 0 Å². The largest absolute Gasteiger partial charge is 0.504 e. The van der Waals surface area contributed by atoms with Crippen LogP contribution in [-0.4, -0.2) is 14.9 Å². The molecule has 3 aromatic rings. The first-order valence-electron chi connectivity index (χ1n) is 8.14. The summed E-state index contributed by atoms with van der Waals surface area (Å²) < 4.78 is 1.86. The van der Waals surface area contributed by atoms with Crippen molar-refractivity contribution in [2.24, 2.45) is 0 Å². The van der Waals surface area contributed by atoms with E-state index in [1.807, 2.05) is 47.1 Å². The fourth-order valence-electron chi connectivity index (χ4n) is 2.70. The molecule has 0 atom stereocenters. The Morgan fingerprint density at radius 3 is 2.35 bits per heavy atom. The molecule has 1 N–H and O–H groups in total. The van der Waals surface area contributed by atoms with Crippen LogP contribution in [0.1, 0.15) is 31.0 Å². The van der Waals surface area contributed by atoms with E-state index in [1.54, 1.807) is 0 Å². The van der Waals surface area contributed by atoms with Crippen LogP contribution < -0.4 is 0 Å². The highest BCUT2D eigenvalue weighted by molar-refractivity contribution is 5.70. The highest BCUT2D eigenvalue weighted by Crippen LogP contribution is 2.35. The van der Waals surface area contributed by atoms with E-state index in [0.29, 0.717) is 5.75 Å². The Labute approximate surface area is 137 Å². The van der Waals surface area contributed by atoms with Crippen molar-refractivity contribution < 1.29 is 5.11 Å². The lowest BCUT2D eigenvalue weighted by Gasteiger charge is -2.08. The number of rotatable bonds is 5. The average molecular weight is 306 g/mol. The standard InChI is InChI=1S/C20H22N2O/c1-3-4-10-18-20(23)19(16-8-6-5-7-9-16)22(21-18)17-13-11-15(2)12-14-17/h5-9,11-14,23H,3-4,10H2,1-2H3. The van der Waals surface area contributed by atoms with Gasteiger partial charge in [-0.25, -0.2) is 4.68 Å². The number of hydrogen-bond donors (Lipinski definition) is 1. The summed E-state index contributed by atoms with van der Waals surface area (Å²) in [6.45, 7) is 4.21. The minimum absolute atomic E-state index is 0.297. The van der Waals surface area contributed by atoms with Crippen LogP contribution in [0.2, 0.25) is 0 Å². The zero-order chi connectivity index (χ0) is 16.2. The van der Waals surface area contributed by atoms with E-state index >= 15 is 0 Å². The van der Waals surface area contributed by atoms with Crippen LogP contribution in [0.3, 0.4) is 0 Å². The summed E-state index contributed by atoms with van der Waals surface area (Å²) in [5, 5.41) is 15.4. The molecule has 0 fully saturated rings. The number of unbranched alkanes of at least 4 members (excludes halogenated alkanes) is 1. The molecule has 0 spiro atoms. The molecule has 0 aliphatic rings. The fourth-order valence-corrected chi connectivity index (χ4v) is 2.70. The Kier molecular flexibility index (Phi) is 4.47. The van der Waals surface area contributed by atoms with Gasteiger partial charge in [0.15, 0.2) is 5.75 Å². The van der Waals surface area contributed by atoms with E-state index in [4.69, 9.17) is 5.10 Å². The molecule has 0 bridgehead atoms. The first kappa shape index (κ1) is 15.3. The van der Waals surface area contributed by atoms with Gasteiger partial charge in [0, 0.05) is 5.56 Å². The number of aromatic nitrogens is 2. The molecule has 0 saturated carbocycles. The maximum Gasteiger partial charge on any atom is 0.165 e. The summed E-state index contributed by atoms with van der Waals surface area (Å²) >= 11 is 0. The van der Waals surface area contributed by atoms with Crippen LogP contribution in [0.25, 0.3) is 16.9 Å². The second kappa shape index (κ2) is 6.69. The molecule has 0 amide bonds. The van der Waals surface area contributed by atoms with Gasteiger partial charge >= 0.3 is 0 Å². The summed E-state index contributed by atoms with van der Waals surface area (Å²) in [4.78, 5) is 0. The van der Waals surface area contributed by atoms with Crippen LogP contribution in [0.15, 0.2) is 54.6 Å². The van der Waals surface area contributed by atoms with Crippen LogP contribution in [-0.2, 0) is 6.42 Å². The third kappa shape index (κ3) is 3.14. The van der Waals surface area contributed by atoms with E-state index in [1.165, 1.54) is 5.56 Å². The molecule has 23 heavy (non-hydrogen) atoms. The zero-order valence-electron chi connectivity index (χ0n) is 13.7. The van der Waals surface area contributed by atoms with Crippen molar-refractivity contribution in [1.29, 1.82) is 0 Å². The Hall–Kier alpha value is -2.55. The van der Waals surface area contributed by atoms with E-state index in [0.717, 1.165) is 41.9 Å². The molecular formula is C20H22N2O. The number of aryl methyl sites for hydroxylation is 2. The molecule has 0 aliphatic carbocycles. The molecule has 118 valence electrons. The van der Waals surface area contributed by atoms with Gasteiger partial charge in [-0.15, -0.1) is 0 Å². The van der Waals surface area contributed by atoms with Gasteiger partial charge in [-0.3, -0.25) is 0 Å². The molecular weight excluding hydrogens is 284 g/mol. The third-order valence-corrected chi connectivity index (χ3v) is 4.02. The Morgan fingerprint density at radius 2 is 1.70 bits per heavy atom. The van der Waals surface area contributed by atoms with E-state index in [9.17, 15) is 5.11 Å². The monoisotopic (exact) mass is 306 g/mol. The van der Waals surface area contributed by atoms with Crippen molar-refractivity contribution in [1.82, 2.24) is 9.78 Å². The molecule has 1 aromatic heterocycles. The predicted molar refractivity (Wildman–Crippen MR) is 94.0 cm³/mol. The van der Waals surface area contributed by atoms with Gasteiger partial charge in [0.25, 0.3) is 0 Å². The third-order valence-electron chi connectivity index (χ3n) is 4.02. The van der Waals surface area contributed by atoms with Crippen molar-refractivity contribution >= 4 is 0 Å². The van der Waals surface area contributed by atoms with Crippen LogP contribution in [0, 0.1) is 6.92 Å². The topological polar surface area (TPSA) is 38.0 Å². The Bertz CT molecular complexity index is 773. The quantitative estimate of drug-likeness (QED) is 0.728. The first-order chi connectivity index (χ1) is 11.2. The Morgan fingerprint density at radius 1 is 1.00 bits per heavy atom. The molecule has 0 radical (unpaired) electrons. The normalized spacial score (nSPS) is 10.9. The van der Waals surface area contributed by atoms with Crippen LogP contribution in [0.4, 0.5) is 0 Å². The molecule has 2 aromatic carbocycles. The second-order valence-electron chi connectivity index (χ2n) is 5.86. The lowest BCUT2D eigenvalue weighted by molar-refractivity contribution is 0.469. The van der Waals surface area contributed by atoms with Gasteiger partial charge < -0.3 is 5.11 Å². The Balaban J connectivity index is 2.15.